The molecule has 0 unspecified atom stereocenters. The van der Waals surface area contributed by atoms with Gasteiger partial charge >= 0.3 is 12.4 Å². The van der Waals surface area contributed by atoms with Gasteiger partial charge in [-0.2, -0.15) is 36.3 Å². The lowest BCUT2D eigenvalue weighted by atomic mass is 9.98. The molecule has 0 spiro atoms. The number of alkyl halides is 6. The second-order valence-electron chi connectivity index (χ2n) is 20.4. The standard InChI is InChI=1S/C37H40F4N4O2S.C36H38F4N4O2S/c1-4-43(5-2)19-20-44(22-26-9-13-28(14-10-26)29-15-18-32(25(3)21-29)37(39,40)41)34(46)23-45-33-8-6-7-31(33)35(47)42-36(45)48-24-27-11-16-30(38)17-12-27;1-3-42(4-2)20-21-43(22-25-8-12-27(13-9-25)28-14-16-29(17-15-28)36(38,39)40)33(45)23-44-32-7-5-6-31(32)34(46)41-35(44)47-24-26-10-18-30(37)19-11-26/h9-18,21H,4-8,19-20,22-24H2,1-3H3;8-19H,3-7,20-24H2,1-2H3/i4D2,5D2,6D2,7D2,8D2,9D,10D,11D,12D,13D,14D,15D,16D,17D,18D,19D2,20D2,21D,22D2,24D2;22D2. The Balaban J connectivity index is 0.000000314. The van der Waals surface area contributed by atoms with Crippen molar-refractivity contribution in [2.75, 3.05) is 52.2 Å². The molecule has 12 nitrogen and oxygen atoms in total. The highest BCUT2D eigenvalue weighted by molar-refractivity contribution is 7.98. The lowest BCUT2D eigenvalue weighted by molar-refractivity contribution is -0.138. The molecule has 2 aliphatic carbocycles. The molecule has 10 rings (SSSR count). The van der Waals surface area contributed by atoms with Crippen molar-refractivity contribution < 1.29 is 87.2 Å². The fraction of sp³-hybridized carbons (Fsp3) is 0.370. The van der Waals surface area contributed by atoms with E-state index in [2.05, 4.69) is 14.9 Å². The minimum Gasteiger partial charge on any atom is -0.336 e. The van der Waals surface area contributed by atoms with Crippen LogP contribution in [-0.2, 0) is 85.1 Å². The van der Waals surface area contributed by atoms with Gasteiger partial charge in [0.15, 0.2) is 10.3 Å². The highest BCUT2D eigenvalue weighted by Crippen LogP contribution is 2.36. The van der Waals surface area contributed by atoms with E-state index in [0.717, 1.165) is 29.8 Å². The Kier molecular flexibility index (Phi) is 14.0. The third kappa shape index (κ3) is 19.0. The van der Waals surface area contributed by atoms with Gasteiger partial charge in [-0.05, 0) is 164 Å². The van der Waals surface area contributed by atoms with E-state index in [1.54, 1.807) is 41.0 Å². The van der Waals surface area contributed by atoms with Gasteiger partial charge in [0.1, 0.15) is 24.7 Å². The van der Waals surface area contributed by atoms with Gasteiger partial charge in [-0.1, -0.05) is 148 Å². The number of benzene rings is 6. The van der Waals surface area contributed by atoms with Crippen molar-refractivity contribution in [3.63, 3.8) is 0 Å². The topological polar surface area (TPSA) is 117 Å². The van der Waals surface area contributed by atoms with Crippen LogP contribution >= 0.6 is 23.5 Å². The Labute approximate surface area is 601 Å². The monoisotopic (exact) mass is 1380 g/mol. The van der Waals surface area contributed by atoms with Crippen LogP contribution in [0.1, 0.15) is 144 Å². The molecule has 95 heavy (non-hydrogen) atoms. The number of likely N-dealkylation sites (N-methyl/N-ethyl adjacent to an activating group) is 2. The van der Waals surface area contributed by atoms with Gasteiger partial charge in [-0.3, -0.25) is 19.2 Å². The van der Waals surface area contributed by atoms with Gasteiger partial charge in [0.05, 0.1) is 34.4 Å². The molecule has 0 atom stereocenters. The molecular formula is C73H78F8N8O4S2. The quantitative estimate of drug-likeness (QED) is 0.0295. The van der Waals surface area contributed by atoms with E-state index in [9.17, 15) is 57.7 Å². The van der Waals surface area contributed by atoms with Crippen molar-refractivity contribution in [1.29, 1.82) is 0 Å². The fourth-order valence-electron chi connectivity index (χ4n) is 9.37. The Bertz CT molecular complexity index is 5600. The number of carbonyl (C=O) groups excluding carboxylic acids is 2. The smallest absolute Gasteiger partial charge is 0.336 e. The number of rotatable bonds is 26. The molecule has 2 aromatic heterocycles. The number of hydrogen-bond donors (Lipinski definition) is 0. The van der Waals surface area contributed by atoms with E-state index < -0.39 is 249 Å². The van der Waals surface area contributed by atoms with Crippen LogP contribution in [0.25, 0.3) is 22.3 Å². The molecule has 6 aromatic carbocycles. The highest BCUT2D eigenvalue weighted by Gasteiger charge is 2.33. The molecule has 8 aromatic rings. The highest BCUT2D eigenvalue weighted by atomic mass is 32.2. The number of halogens is 8. The van der Waals surface area contributed by atoms with Gasteiger partial charge in [-0.15, -0.1) is 0 Å². The van der Waals surface area contributed by atoms with E-state index in [1.165, 1.54) is 40.9 Å². The maximum atomic E-state index is 15.4. The maximum Gasteiger partial charge on any atom is 0.416 e. The first kappa shape index (κ1) is 40.6. The van der Waals surface area contributed by atoms with Gasteiger partial charge < -0.3 is 28.7 Å². The SMILES string of the molecule is [2H]C([2H])(c1ccc(-c2ccc(C(F)(F)F)cc2)cc1)N(CCN(CC)CC)C(=O)Cn1c(SCc2ccc(F)cc2)nc(=O)c2c1CCC2.[2H]c1c([2H])c(C([2H])([2H])Sc2nc(=O)c3c(n2CC(=O)N(C([2H])([2H])c2c([2H])c([2H])c(-c4c([2H])c([2H])c(C(F)(F)F)c(C)c4[2H])c([2H])c2[2H])C([2H])([2H])C([2H])([2H])N(C([2H])([2H])C)C([2H])([2H])C)C([2H])([2H])C([2H])([2H])C3([2H])[2H])c([2H])c([2H])c1F. The predicted molar refractivity (Wildman–Crippen MR) is 358 cm³/mol. The molecule has 0 fully saturated rings. The summed E-state index contributed by atoms with van der Waals surface area (Å²) in [7, 11) is 0. The van der Waals surface area contributed by atoms with Crippen LogP contribution in [-0.4, -0.2) is 103 Å². The molecule has 0 radical (unpaired) electrons. The molecule has 2 amide bonds. The van der Waals surface area contributed by atoms with Crippen LogP contribution in [0.3, 0.4) is 0 Å². The zero-order valence-corrected chi connectivity index (χ0v) is 52.7. The Hall–Kier alpha value is -7.92. The average molecular weight is 1380 g/mol. The molecule has 0 N–H and O–H groups in total. The third-order valence-corrected chi connectivity index (χ3v) is 16.2. The summed E-state index contributed by atoms with van der Waals surface area (Å²) in [4.78, 5) is 66.0. The van der Waals surface area contributed by atoms with Gasteiger partial charge in [0, 0.05) is 92.2 Å². The van der Waals surface area contributed by atoms with Crippen LogP contribution in [0.5, 0.6) is 0 Å². The summed E-state index contributed by atoms with van der Waals surface area (Å²) in [6.45, 7) is -17.7. The molecule has 0 aliphatic heterocycles. The van der Waals surface area contributed by atoms with Gasteiger partial charge in [-0.25, -0.2) is 8.78 Å². The summed E-state index contributed by atoms with van der Waals surface area (Å²) in [6.07, 6.45) is -19.6. The van der Waals surface area contributed by atoms with E-state index >= 15 is 4.79 Å². The number of hydrogen-bond acceptors (Lipinski definition) is 10. The zero-order valence-electron chi connectivity index (χ0n) is 82.1. The largest absolute Gasteiger partial charge is 0.416 e. The molecule has 2 aliphatic rings. The summed E-state index contributed by atoms with van der Waals surface area (Å²) in [5.41, 5.74) is -14.8. The predicted octanol–water partition coefficient (Wildman–Crippen LogP) is 14.7. The number of aromatic nitrogens is 4. The Morgan fingerprint density at radius 2 is 1.15 bits per heavy atom. The number of carbonyl (C=O) groups is 2. The van der Waals surface area contributed by atoms with E-state index in [4.69, 9.17) is 34.3 Å². The molecule has 22 heteroatoms. The van der Waals surface area contributed by atoms with Crippen molar-refractivity contribution in [2.45, 2.75) is 133 Å². The first-order valence-corrected chi connectivity index (χ1v) is 30.7. The number of amides is 2. The summed E-state index contributed by atoms with van der Waals surface area (Å²) in [5.74, 6) is -4.70. The normalized spacial score (nSPS) is 20.2. The minimum absolute atomic E-state index is 0.0794. The second-order valence-corrected chi connectivity index (χ2v) is 22.2. The summed E-state index contributed by atoms with van der Waals surface area (Å²) in [6, 6.07) is 0.295. The van der Waals surface area contributed by atoms with Crippen molar-refractivity contribution in [2.24, 2.45) is 0 Å². The van der Waals surface area contributed by atoms with E-state index in [1.807, 2.05) is 13.8 Å². The van der Waals surface area contributed by atoms with Crippen LogP contribution in [0, 0.1) is 18.6 Å². The lowest BCUT2D eigenvalue weighted by Crippen LogP contribution is -2.40. The number of thioether (sulfide) groups is 2. The summed E-state index contributed by atoms with van der Waals surface area (Å²) < 4.78 is 380. The molecule has 0 saturated carbocycles. The average Bonchev–Trinajstić information content (AvgIpc) is 1.53. The zero-order chi connectivity index (χ0) is 95.5. The lowest BCUT2D eigenvalue weighted by Gasteiger charge is -2.28. The molecular weight excluding hydrogens is 1270 g/mol. The first-order chi connectivity index (χ1) is 57.5. The van der Waals surface area contributed by atoms with Crippen molar-refractivity contribution >= 4 is 35.3 Å². The van der Waals surface area contributed by atoms with Crippen molar-refractivity contribution in [1.82, 2.24) is 38.7 Å². The van der Waals surface area contributed by atoms with Crippen LogP contribution in [0.4, 0.5) is 35.1 Å². The summed E-state index contributed by atoms with van der Waals surface area (Å²) >= 11 is 0.709. The first-order valence-electron chi connectivity index (χ1n) is 44.4. The van der Waals surface area contributed by atoms with Crippen LogP contribution in [0.2, 0.25) is 0 Å². The molecule has 0 bridgehead atoms. The number of fused-ring (bicyclic) bond motifs is 2. The van der Waals surface area contributed by atoms with Crippen molar-refractivity contribution in [3.05, 3.63) is 233 Å². The minimum atomic E-state index is -5.36. The van der Waals surface area contributed by atoms with Crippen LogP contribution < -0.4 is 11.1 Å². The van der Waals surface area contributed by atoms with E-state index in [-0.39, 0.29) is 34.6 Å². The van der Waals surface area contributed by atoms with Crippen molar-refractivity contribution in [3.8, 4) is 22.3 Å². The molecule has 502 valence electrons. The summed E-state index contributed by atoms with van der Waals surface area (Å²) in [5, 5.41) is -1.12. The molecule has 0 saturated heterocycles. The fourth-order valence-corrected chi connectivity index (χ4v) is 11.0. The number of nitrogens with zero attached hydrogens (tertiary/aromatic N) is 8. The Morgan fingerprint density at radius 3 is 1.77 bits per heavy atom. The maximum absolute atomic E-state index is 15.4. The van der Waals surface area contributed by atoms with E-state index in [0.29, 0.717) is 80.8 Å². The Morgan fingerprint density at radius 1 is 0.579 bits per heavy atom. The second kappa shape index (κ2) is 32.7. The van der Waals surface area contributed by atoms with Gasteiger partial charge in [0.25, 0.3) is 11.1 Å². The van der Waals surface area contributed by atoms with Crippen LogP contribution in [0.15, 0.2) is 159 Å². The van der Waals surface area contributed by atoms with Gasteiger partial charge in [0.2, 0.25) is 11.8 Å². The molecule has 2 heterocycles. The third-order valence-electron chi connectivity index (χ3n) is 14.3.